The summed E-state index contributed by atoms with van der Waals surface area (Å²) in [5.74, 6) is 0.627. The largest absolute Gasteiger partial charge is 0.481 e. The molecular formula is C20H25NO2. The maximum Gasteiger partial charge on any atom is 0.265 e. The third-order valence-corrected chi connectivity index (χ3v) is 3.77. The van der Waals surface area contributed by atoms with Gasteiger partial charge in [-0.05, 0) is 67.6 Å². The van der Waals surface area contributed by atoms with Crippen molar-refractivity contribution in [1.82, 2.24) is 0 Å². The highest BCUT2D eigenvalue weighted by Gasteiger charge is 2.18. The summed E-state index contributed by atoms with van der Waals surface area (Å²) in [6.45, 7) is 8.11. The molecule has 3 heteroatoms. The van der Waals surface area contributed by atoms with Crippen LogP contribution in [0, 0.1) is 13.8 Å². The highest BCUT2D eigenvalue weighted by molar-refractivity contribution is 5.94. The Bertz CT molecular complexity index is 642. The minimum absolute atomic E-state index is 0.115. The van der Waals surface area contributed by atoms with Crippen LogP contribution in [-0.4, -0.2) is 12.0 Å². The van der Waals surface area contributed by atoms with Gasteiger partial charge in [0.1, 0.15) is 5.75 Å². The number of hydrogen-bond acceptors (Lipinski definition) is 2. The minimum Gasteiger partial charge on any atom is -0.481 e. The molecule has 1 amide bonds. The molecule has 1 unspecified atom stereocenters. The Hall–Kier alpha value is -2.29. The Labute approximate surface area is 138 Å². The number of anilines is 1. The van der Waals surface area contributed by atoms with Gasteiger partial charge in [-0.25, -0.2) is 0 Å². The van der Waals surface area contributed by atoms with Gasteiger partial charge in [-0.15, -0.1) is 0 Å². The van der Waals surface area contributed by atoms with Crippen molar-refractivity contribution in [1.29, 1.82) is 0 Å². The summed E-state index contributed by atoms with van der Waals surface area (Å²) in [4.78, 5) is 12.4. The summed E-state index contributed by atoms with van der Waals surface area (Å²) in [5, 5.41) is 2.93. The maximum atomic E-state index is 12.4. The summed E-state index contributed by atoms with van der Waals surface area (Å²) < 4.78 is 5.89. The molecule has 3 nitrogen and oxygen atoms in total. The van der Waals surface area contributed by atoms with Crippen molar-refractivity contribution < 1.29 is 9.53 Å². The van der Waals surface area contributed by atoms with Crippen LogP contribution in [0.1, 0.15) is 37.0 Å². The lowest BCUT2D eigenvalue weighted by Crippen LogP contribution is -2.32. The van der Waals surface area contributed by atoms with Crippen molar-refractivity contribution in [3.8, 4) is 5.75 Å². The zero-order chi connectivity index (χ0) is 16.8. The lowest BCUT2D eigenvalue weighted by Gasteiger charge is -2.18. The minimum atomic E-state index is -0.498. The van der Waals surface area contributed by atoms with E-state index in [1.807, 2.05) is 57.2 Å². The predicted molar refractivity (Wildman–Crippen MR) is 95.1 cm³/mol. The van der Waals surface area contributed by atoms with Gasteiger partial charge in [-0.3, -0.25) is 4.79 Å². The van der Waals surface area contributed by atoms with E-state index in [0.29, 0.717) is 6.42 Å². The van der Waals surface area contributed by atoms with Crippen molar-refractivity contribution in [3.63, 3.8) is 0 Å². The zero-order valence-electron chi connectivity index (χ0n) is 14.3. The number of hydrogen-bond donors (Lipinski definition) is 1. The van der Waals surface area contributed by atoms with E-state index in [2.05, 4.69) is 18.3 Å². The molecule has 0 aliphatic heterocycles. The predicted octanol–water partition coefficient (Wildman–Crippen LogP) is 4.66. The standard InChI is InChI=1S/C20H25NO2/c1-5-16-7-9-17(10-8-16)21-20(22)19(6-2)23-18-12-14(3)11-15(4)13-18/h7-13,19H,5-6H2,1-4H3,(H,21,22). The summed E-state index contributed by atoms with van der Waals surface area (Å²) in [7, 11) is 0. The molecule has 2 aromatic carbocycles. The number of benzene rings is 2. The Morgan fingerprint density at radius 1 is 1.04 bits per heavy atom. The first kappa shape index (κ1) is 17.1. The van der Waals surface area contributed by atoms with Crippen molar-refractivity contribution in [2.75, 3.05) is 5.32 Å². The molecule has 0 radical (unpaired) electrons. The Morgan fingerprint density at radius 3 is 2.17 bits per heavy atom. The van der Waals surface area contributed by atoms with Gasteiger partial charge >= 0.3 is 0 Å². The molecule has 0 aromatic heterocycles. The Morgan fingerprint density at radius 2 is 1.65 bits per heavy atom. The maximum absolute atomic E-state index is 12.4. The van der Waals surface area contributed by atoms with Crippen LogP contribution < -0.4 is 10.1 Å². The average Bonchev–Trinajstić information content (AvgIpc) is 2.52. The summed E-state index contributed by atoms with van der Waals surface area (Å²) in [5.41, 5.74) is 4.31. The summed E-state index contributed by atoms with van der Waals surface area (Å²) >= 11 is 0. The molecule has 0 heterocycles. The van der Waals surface area contributed by atoms with Crippen molar-refractivity contribution in [3.05, 3.63) is 59.2 Å². The first-order valence-corrected chi connectivity index (χ1v) is 8.16. The zero-order valence-corrected chi connectivity index (χ0v) is 14.3. The number of carbonyl (C=O) groups is 1. The fraction of sp³-hybridized carbons (Fsp3) is 0.350. The molecule has 0 bridgehead atoms. The average molecular weight is 311 g/mol. The molecule has 1 N–H and O–H groups in total. The smallest absolute Gasteiger partial charge is 0.265 e. The second-order valence-corrected chi connectivity index (χ2v) is 5.88. The quantitative estimate of drug-likeness (QED) is 0.842. The molecule has 0 aliphatic carbocycles. The number of aryl methyl sites for hydroxylation is 3. The van der Waals surface area contributed by atoms with Crippen molar-refractivity contribution >= 4 is 11.6 Å². The van der Waals surface area contributed by atoms with Crippen LogP contribution in [0.2, 0.25) is 0 Å². The Kier molecular flexibility index (Phi) is 5.80. The number of nitrogens with one attached hydrogen (secondary N) is 1. The summed E-state index contributed by atoms with van der Waals surface area (Å²) in [6.07, 6.45) is 1.11. The van der Waals surface area contributed by atoms with Gasteiger partial charge < -0.3 is 10.1 Å². The molecule has 0 saturated heterocycles. The van der Waals surface area contributed by atoms with Crippen LogP contribution >= 0.6 is 0 Å². The molecule has 0 fully saturated rings. The van der Waals surface area contributed by atoms with Gasteiger partial charge in [0.15, 0.2) is 6.10 Å². The second kappa shape index (κ2) is 7.82. The van der Waals surface area contributed by atoms with E-state index >= 15 is 0 Å². The van der Waals surface area contributed by atoms with Gasteiger partial charge in [0.05, 0.1) is 0 Å². The van der Waals surface area contributed by atoms with E-state index in [1.54, 1.807) is 0 Å². The van der Waals surface area contributed by atoms with Crippen LogP contribution in [0.3, 0.4) is 0 Å². The number of amides is 1. The first-order chi connectivity index (χ1) is 11.0. The lowest BCUT2D eigenvalue weighted by molar-refractivity contribution is -0.122. The van der Waals surface area contributed by atoms with Gasteiger partial charge in [0.2, 0.25) is 0 Å². The van der Waals surface area contributed by atoms with Crippen molar-refractivity contribution in [2.45, 2.75) is 46.6 Å². The number of rotatable bonds is 6. The van der Waals surface area contributed by atoms with E-state index in [-0.39, 0.29) is 5.91 Å². The number of ether oxygens (including phenoxy) is 1. The van der Waals surface area contributed by atoms with Crippen LogP contribution in [0.15, 0.2) is 42.5 Å². The Balaban J connectivity index is 2.05. The molecule has 1 atom stereocenters. The van der Waals surface area contributed by atoms with E-state index in [1.165, 1.54) is 5.56 Å². The molecule has 23 heavy (non-hydrogen) atoms. The van der Waals surface area contributed by atoms with E-state index in [0.717, 1.165) is 29.0 Å². The summed E-state index contributed by atoms with van der Waals surface area (Å²) in [6, 6.07) is 13.9. The first-order valence-electron chi connectivity index (χ1n) is 8.16. The van der Waals surface area contributed by atoms with E-state index in [9.17, 15) is 4.79 Å². The fourth-order valence-corrected chi connectivity index (χ4v) is 2.53. The molecule has 0 saturated carbocycles. The van der Waals surface area contributed by atoms with E-state index in [4.69, 9.17) is 4.74 Å². The van der Waals surface area contributed by atoms with Gasteiger partial charge in [-0.1, -0.05) is 32.0 Å². The van der Waals surface area contributed by atoms with Gasteiger partial charge in [0, 0.05) is 5.69 Å². The molecule has 2 rings (SSSR count). The van der Waals surface area contributed by atoms with Crippen LogP contribution in [-0.2, 0) is 11.2 Å². The lowest BCUT2D eigenvalue weighted by atomic mass is 10.1. The normalized spacial score (nSPS) is 11.8. The van der Waals surface area contributed by atoms with Gasteiger partial charge in [0.25, 0.3) is 5.91 Å². The van der Waals surface area contributed by atoms with Crippen LogP contribution in [0.5, 0.6) is 5.75 Å². The van der Waals surface area contributed by atoms with Crippen LogP contribution in [0.25, 0.3) is 0 Å². The molecular weight excluding hydrogens is 286 g/mol. The van der Waals surface area contributed by atoms with Crippen LogP contribution in [0.4, 0.5) is 5.69 Å². The highest BCUT2D eigenvalue weighted by atomic mass is 16.5. The monoisotopic (exact) mass is 311 g/mol. The number of carbonyl (C=O) groups excluding carboxylic acids is 1. The third kappa shape index (κ3) is 4.85. The highest BCUT2D eigenvalue weighted by Crippen LogP contribution is 2.19. The van der Waals surface area contributed by atoms with Crippen molar-refractivity contribution in [2.24, 2.45) is 0 Å². The fourth-order valence-electron chi connectivity index (χ4n) is 2.53. The van der Waals surface area contributed by atoms with Gasteiger partial charge in [-0.2, -0.15) is 0 Å². The SMILES string of the molecule is CCc1ccc(NC(=O)C(CC)Oc2cc(C)cc(C)c2)cc1. The molecule has 0 aliphatic rings. The molecule has 2 aromatic rings. The third-order valence-electron chi connectivity index (χ3n) is 3.77. The second-order valence-electron chi connectivity index (χ2n) is 5.88. The van der Waals surface area contributed by atoms with E-state index < -0.39 is 6.10 Å². The molecule has 0 spiro atoms. The topological polar surface area (TPSA) is 38.3 Å². The molecule has 122 valence electrons.